The molecular formula is C9H18ClN3O. The van der Waals surface area contributed by atoms with Gasteiger partial charge >= 0.3 is 6.03 Å². The quantitative estimate of drug-likeness (QED) is 0.678. The van der Waals surface area contributed by atoms with E-state index in [1.807, 2.05) is 4.90 Å². The minimum absolute atomic E-state index is 0. The smallest absolute Gasteiger partial charge is 0.317 e. The number of rotatable bonds is 1. The molecule has 1 heterocycles. The van der Waals surface area contributed by atoms with E-state index in [0.717, 1.165) is 32.5 Å². The zero-order valence-electron chi connectivity index (χ0n) is 8.45. The van der Waals surface area contributed by atoms with Gasteiger partial charge in [-0.2, -0.15) is 0 Å². The monoisotopic (exact) mass is 219 g/mol. The standard InChI is InChI=1S/C9H17N3O.ClH/c1-7-6-10-4-5-12(7)9(13)11-8-2-3-8;/h7-8,10H,2-6H2,1H3,(H,11,13);1H/t7-;/m0./s1. The van der Waals surface area contributed by atoms with Gasteiger partial charge in [0, 0.05) is 31.7 Å². The first-order valence-corrected chi connectivity index (χ1v) is 5.05. The van der Waals surface area contributed by atoms with Crippen LogP contribution in [0.3, 0.4) is 0 Å². The number of urea groups is 1. The number of nitrogens with one attached hydrogen (secondary N) is 2. The van der Waals surface area contributed by atoms with E-state index in [1.165, 1.54) is 0 Å². The van der Waals surface area contributed by atoms with Crippen molar-refractivity contribution < 1.29 is 4.79 Å². The molecule has 0 aromatic rings. The van der Waals surface area contributed by atoms with Crippen molar-refractivity contribution in [2.24, 2.45) is 0 Å². The lowest BCUT2D eigenvalue weighted by Gasteiger charge is -2.33. The molecule has 4 nitrogen and oxygen atoms in total. The molecular weight excluding hydrogens is 202 g/mol. The molecule has 2 rings (SSSR count). The molecule has 2 amide bonds. The van der Waals surface area contributed by atoms with Gasteiger partial charge in [0.15, 0.2) is 0 Å². The highest BCUT2D eigenvalue weighted by Crippen LogP contribution is 2.19. The van der Waals surface area contributed by atoms with Gasteiger partial charge in [-0.1, -0.05) is 0 Å². The Morgan fingerprint density at radius 1 is 1.50 bits per heavy atom. The van der Waals surface area contributed by atoms with Gasteiger partial charge in [-0.25, -0.2) is 4.79 Å². The van der Waals surface area contributed by atoms with Gasteiger partial charge in [0.1, 0.15) is 0 Å². The topological polar surface area (TPSA) is 44.4 Å². The van der Waals surface area contributed by atoms with E-state index in [4.69, 9.17) is 0 Å². The van der Waals surface area contributed by atoms with Gasteiger partial charge in [-0.15, -0.1) is 12.4 Å². The number of hydrogen-bond acceptors (Lipinski definition) is 2. The molecule has 0 spiro atoms. The Labute approximate surface area is 90.8 Å². The predicted molar refractivity (Wildman–Crippen MR) is 57.8 cm³/mol. The number of hydrogen-bond donors (Lipinski definition) is 2. The first-order chi connectivity index (χ1) is 6.27. The van der Waals surface area contributed by atoms with Crippen LogP contribution in [0.2, 0.25) is 0 Å². The van der Waals surface area contributed by atoms with E-state index in [0.29, 0.717) is 12.1 Å². The van der Waals surface area contributed by atoms with Crippen molar-refractivity contribution in [1.29, 1.82) is 0 Å². The Morgan fingerprint density at radius 2 is 2.21 bits per heavy atom. The summed E-state index contributed by atoms with van der Waals surface area (Å²) >= 11 is 0. The lowest BCUT2D eigenvalue weighted by molar-refractivity contribution is 0.164. The van der Waals surface area contributed by atoms with Gasteiger partial charge in [0.25, 0.3) is 0 Å². The van der Waals surface area contributed by atoms with Crippen molar-refractivity contribution in [1.82, 2.24) is 15.5 Å². The summed E-state index contributed by atoms with van der Waals surface area (Å²) in [4.78, 5) is 13.6. The fourth-order valence-corrected chi connectivity index (χ4v) is 1.63. The van der Waals surface area contributed by atoms with Gasteiger partial charge in [-0.3, -0.25) is 0 Å². The summed E-state index contributed by atoms with van der Waals surface area (Å²) < 4.78 is 0. The number of carbonyl (C=O) groups excluding carboxylic acids is 1. The fourth-order valence-electron chi connectivity index (χ4n) is 1.63. The van der Waals surface area contributed by atoms with Crippen molar-refractivity contribution >= 4 is 18.4 Å². The molecule has 2 fully saturated rings. The molecule has 0 bridgehead atoms. The largest absolute Gasteiger partial charge is 0.335 e. The van der Waals surface area contributed by atoms with E-state index in [-0.39, 0.29) is 18.4 Å². The second kappa shape index (κ2) is 4.84. The highest BCUT2D eigenvalue weighted by molar-refractivity contribution is 5.85. The van der Waals surface area contributed by atoms with Crippen molar-refractivity contribution in [2.45, 2.75) is 31.8 Å². The second-order valence-corrected chi connectivity index (χ2v) is 3.97. The van der Waals surface area contributed by atoms with Crippen molar-refractivity contribution in [3.8, 4) is 0 Å². The highest BCUT2D eigenvalue weighted by Gasteiger charge is 2.28. The predicted octanol–water partition coefficient (Wildman–Crippen LogP) is 0.574. The average molecular weight is 220 g/mol. The van der Waals surface area contributed by atoms with E-state index >= 15 is 0 Å². The number of amides is 2. The molecule has 1 saturated carbocycles. The highest BCUT2D eigenvalue weighted by atomic mass is 35.5. The molecule has 2 N–H and O–H groups in total. The van der Waals surface area contributed by atoms with Crippen LogP contribution in [0.5, 0.6) is 0 Å². The number of carbonyl (C=O) groups is 1. The maximum Gasteiger partial charge on any atom is 0.317 e. The lowest BCUT2D eigenvalue weighted by Crippen LogP contribution is -2.55. The van der Waals surface area contributed by atoms with E-state index in [9.17, 15) is 4.79 Å². The molecule has 14 heavy (non-hydrogen) atoms. The van der Waals surface area contributed by atoms with Crippen molar-refractivity contribution in [3.05, 3.63) is 0 Å². The molecule has 5 heteroatoms. The van der Waals surface area contributed by atoms with Gasteiger partial charge in [0.2, 0.25) is 0 Å². The molecule has 0 unspecified atom stereocenters. The molecule has 0 aromatic heterocycles. The van der Waals surface area contributed by atoms with Crippen LogP contribution in [0, 0.1) is 0 Å². The molecule has 82 valence electrons. The van der Waals surface area contributed by atoms with Crippen LogP contribution in [0.15, 0.2) is 0 Å². The number of nitrogens with zero attached hydrogens (tertiary/aromatic N) is 1. The Kier molecular flexibility index (Phi) is 4.01. The summed E-state index contributed by atoms with van der Waals surface area (Å²) in [6.07, 6.45) is 2.32. The maximum atomic E-state index is 11.6. The van der Waals surface area contributed by atoms with Crippen LogP contribution in [0.4, 0.5) is 4.79 Å². The molecule has 1 aliphatic carbocycles. The van der Waals surface area contributed by atoms with Gasteiger partial charge < -0.3 is 15.5 Å². The van der Waals surface area contributed by atoms with Crippen molar-refractivity contribution in [3.63, 3.8) is 0 Å². The fraction of sp³-hybridized carbons (Fsp3) is 0.889. The summed E-state index contributed by atoms with van der Waals surface area (Å²) in [6, 6.07) is 0.915. The van der Waals surface area contributed by atoms with Crippen LogP contribution in [-0.2, 0) is 0 Å². The first-order valence-electron chi connectivity index (χ1n) is 5.05. The third kappa shape index (κ3) is 2.75. The van der Waals surface area contributed by atoms with Crippen LogP contribution in [0.25, 0.3) is 0 Å². The molecule has 0 aromatic carbocycles. The van der Waals surface area contributed by atoms with Crippen LogP contribution < -0.4 is 10.6 Å². The van der Waals surface area contributed by atoms with E-state index < -0.39 is 0 Å². The summed E-state index contributed by atoms with van der Waals surface area (Å²) in [5, 5.41) is 6.28. The zero-order valence-corrected chi connectivity index (χ0v) is 9.27. The molecule has 0 radical (unpaired) electrons. The molecule has 2 aliphatic rings. The Bertz CT molecular complexity index is 208. The second-order valence-electron chi connectivity index (χ2n) is 3.97. The van der Waals surface area contributed by atoms with Crippen molar-refractivity contribution in [2.75, 3.05) is 19.6 Å². The maximum absolute atomic E-state index is 11.6. The minimum Gasteiger partial charge on any atom is -0.335 e. The zero-order chi connectivity index (χ0) is 9.26. The molecule has 1 atom stereocenters. The number of piperazine rings is 1. The SMILES string of the molecule is C[C@H]1CNCCN1C(=O)NC1CC1.Cl. The first kappa shape index (κ1) is 11.6. The van der Waals surface area contributed by atoms with Gasteiger partial charge in [-0.05, 0) is 19.8 Å². The number of halogens is 1. The summed E-state index contributed by atoms with van der Waals surface area (Å²) in [5.74, 6) is 0. The summed E-state index contributed by atoms with van der Waals surface area (Å²) in [7, 11) is 0. The molecule has 1 saturated heterocycles. The Hall–Kier alpha value is -0.480. The Morgan fingerprint density at radius 3 is 2.79 bits per heavy atom. The van der Waals surface area contributed by atoms with Crippen LogP contribution in [-0.4, -0.2) is 42.6 Å². The summed E-state index contributed by atoms with van der Waals surface area (Å²) in [5.41, 5.74) is 0. The van der Waals surface area contributed by atoms with E-state index in [1.54, 1.807) is 0 Å². The van der Waals surface area contributed by atoms with Gasteiger partial charge in [0.05, 0.1) is 0 Å². The molecule has 1 aliphatic heterocycles. The lowest BCUT2D eigenvalue weighted by atomic mass is 10.2. The van der Waals surface area contributed by atoms with E-state index in [2.05, 4.69) is 17.6 Å². The average Bonchev–Trinajstić information content (AvgIpc) is 2.89. The Balaban J connectivity index is 0.000000980. The van der Waals surface area contributed by atoms with Crippen LogP contribution in [0.1, 0.15) is 19.8 Å². The third-order valence-electron chi connectivity index (χ3n) is 2.67. The normalized spacial score (nSPS) is 26.6. The van der Waals surface area contributed by atoms with Crippen LogP contribution >= 0.6 is 12.4 Å². The summed E-state index contributed by atoms with van der Waals surface area (Å²) in [6.45, 7) is 4.75. The third-order valence-corrected chi connectivity index (χ3v) is 2.67. The minimum atomic E-state index is 0.